The highest BCUT2D eigenvalue weighted by Crippen LogP contribution is 2.35. The molecule has 0 aliphatic carbocycles. The van der Waals surface area contributed by atoms with Crippen molar-refractivity contribution in [2.45, 2.75) is 18.7 Å². The molecule has 1 N–H and O–H groups in total. The van der Waals surface area contributed by atoms with Crippen molar-refractivity contribution in [3.8, 4) is 0 Å². The van der Waals surface area contributed by atoms with E-state index < -0.39 is 31.4 Å². The number of hydrogen-bond acceptors (Lipinski definition) is 7. The summed E-state index contributed by atoms with van der Waals surface area (Å²) in [5.74, 6) is -0.939. The van der Waals surface area contributed by atoms with Crippen molar-refractivity contribution in [3.63, 3.8) is 0 Å². The summed E-state index contributed by atoms with van der Waals surface area (Å²) in [6, 6.07) is 6.53. The van der Waals surface area contributed by atoms with E-state index in [1.54, 1.807) is 19.9 Å². The maximum absolute atomic E-state index is 12.4. The summed E-state index contributed by atoms with van der Waals surface area (Å²) in [6.07, 6.45) is 2.78. The van der Waals surface area contributed by atoms with Crippen LogP contribution in [0.1, 0.15) is 13.8 Å². The van der Waals surface area contributed by atoms with Gasteiger partial charge in [0.05, 0.1) is 21.8 Å². The molecule has 11 heteroatoms. The number of aromatic nitrogens is 2. The van der Waals surface area contributed by atoms with Crippen LogP contribution in [-0.2, 0) is 24.8 Å². The molecule has 0 saturated carbocycles. The second kappa shape index (κ2) is 6.02. The van der Waals surface area contributed by atoms with Gasteiger partial charge in [0.15, 0.2) is 0 Å². The van der Waals surface area contributed by atoms with Gasteiger partial charge in [-0.3, -0.25) is 4.79 Å². The molecule has 0 atom stereocenters. The van der Waals surface area contributed by atoms with E-state index in [-0.39, 0.29) is 22.3 Å². The topological polar surface area (TPSA) is 126 Å². The molecule has 1 aliphatic heterocycles. The minimum absolute atomic E-state index is 0.0874. The van der Waals surface area contributed by atoms with Crippen molar-refractivity contribution in [2.24, 2.45) is 5.41 Å². The van der Waals surface area contributed by atoms with E-state index in [1.807, 2.05) is 0 Å². The standard InChI is InChI=1S/C15H16N4O5S2/c1-15(2)10-25(21,22)19(13(15)20)11-4-6-12(7-5-11)26(23,24)18-14-16-8-3-9-17-14/h3-9H,10H2,1-2H3,(H,16,17,18). The van der Waals surface area contributed by atoms with Crippen LogP contribution in [0.5, 0.6) is 0 Å². The van der Waals surface area contributed by atoms with Crippen LogP contribution in [0, 0.1) is 5.41 Å². The summed E-state index contributed by atoms with van der Waals surface area (Å²) in [5, 5.41) is 0. The lowest BCUT2D eigenvalue weighted by Gasteiger charge is -2.17. The number of amides is 1. The Balaban J connectivity index is 1.91. The lowest BCUT2D eigenvalue weighted by atomic mass is 9.95. The Kier molecular flexibility index (Phi) is 4.23. The molecule has 1 aliphatic rings. The molecule has 1 amide bonds. The molecule has 1 aromatic carbocycles. The third kappa shape index (κ3) is 3.27. The first-order chi connectivity index (χ1) is 12.0. The number of nitrogens with zero attached hydrogens (tertiary/aromatic N) is 3. The molecule has 0 radical (unpaired) electrons. The Bertz CT molecular complexity index is 1050. The lowest BCUT2D eigenvalue weighted by Crippen LogP contribution is -2.32. The summed E-state index contributed by atoms with van der Waals surface area (Å²) in [4.78, 5) is 19.8. The van der Waals surface area contributed by atoms with Gasteiger partial charge in [0.25, 0.3) is 10.0 Å². The van der Waals surface area contributed by atoms with Gasteiger partial charge in [0.1, 0.15) is 0 Å². The average Bonchev–Trinajstić information content (AvgIpc) is 2.71. The number of nitrogens with one attached hydrogen (secondary N) is 1. The molecule has 0 unspecified atom stereocenters. The van der Waals surface area contributed by atoms with Crippen molar-refractivity contribution in [2.75, 3.05) is 14.8 Å². The molecule has 2 aromatic rings. The van der Waals surface area contributed by atoms with Gasteiger partial charge < -0.3 is 0 Å². The summed E-state index contributed by atoms with van der Waals surface area (Å²) in [7, 11) is -7.74. The van der Waals surface area contributed by atoms with E-state index in [0.717, 1.165) is 4.31 Å². The van der Waals surface area contributed by atoms with Crippen LogP contribution >= 0.6 is 0 Å². The van der Waals surface area contributed by atoms with E-state index >= 15 is 0 Å². The Morgan fingerprint density at radius 2 is 1.69 bits per heavy atom. The number of anilines is 2. The number of carbonyl (C=O) groups is 1. The first kappa shape index (κ1) is 18.3. The Labute approximate surface area is 151 Å². The van der Waals surface area contributed by atoms with Crippen molar-refractivity contribution in [1.29, 1.82) is 0 Å². The van der Waals surface area contributed by atoms with Crippen molar-refractivity contribution < 1.29 is 21.6 Å². The Hall–Kier alpha value is -2.53. The van der Waals surface area contributed by atoms with Crippen LogP contribution in [0.25, 0.3) is 0 Å². The van der Waals surface area contributed by atoms with Crippen LogP contribution in [0.2, 0.25) is 0 Å². The lowest BCUT2D eigenvalue weighted by molar-refractivity contribution is -0.123. The normalized spacial score (nSPS) is 18.7. The van der Waals surface area contributed by atoms with Crippen LogP contribution in [0.3, 0.4) is 0 Å². The zero-order valence-electron chi connectivity index (χ0n) is 13.9. The minimum atomic E-state index is -3.95. The fourth-order valence-corrected chi connectivity index (χ4v) is 5.62. The largest absolute Gasteiger partial charge is 0.273 e. The minimum Gasteiger partial charge on any atom is -0.273 e. The third-order valence-electron chi connectivity index (χ3n) is 3.76. The van der Waals surface area contributed by atoms with Gasteiger partial charge in [0, 0.05) is 12.4 Å². The summed E-state index contributed by atoms with van der Waals surface area (Å²) in [5.41, 5.74) is -0.939. The average molecular weight is 396 g/mol. The SMILES string of the molecule is CC1(C)CS(=O)(=O)N(c2ccc(S(=O)(=O)Nc3ncccn3)cc2)C1=O. The van der Waals surface area contributed by atoms with Gasteiger partial charge in [-0.1, -0.05) is 0 Å². The van der Waals surface area contributed by atoms with Gasteiger partial charge in [-0.2, -0.15) is 0 Å². The molecule has 0 bridgehead atoms. The Morgan fingerprint density at radius 1 is 1.12 bits per heavy atom. The van der Waals surface area contributed by atoms with E-state index in [4.69, 9.17) is 0 Å². The van der Waals surface area contributed by atoms with Crippen LogP contribution in [0.4, 0.5) is 11.6 Å². The molecule has 2 heterocycles. The van der Waals surface area contributed by atoms with E-state index in [9.17, 15) is 21.6 Å². The number of sulfonamides is 2. The molecule has 138 valence electrons. The van der Waals surface area contributed by atoms with Crippen molar-refractivity contribution in [3.05, 3.63) is 42.7 Å². The van der Waals surface area contributed by atoms with Crippen molar-refractivity contribution in [1.82, 2.24) is 9.97 Å². The molecular weight excluding hydrogens is 380 g/mol. The smallest absolute Gasteiger partial charge is 0.264 e. The monoisotopic (exact) mass is 396 g/mol. The number of rotatable bonds is 4. The zero-order valence-corrected chi connectivity index (χ0v) is 15.6. The second-order valence-corrected chi connectivity index (χ2v) is 9.88. The van der Waals surface area contributed by atoms with Gasteiger partial charge >= 0.3 is 0 Å². The molecule has 3 rings (SSSR count). The zero-order chi connectivity index (χ0) is 19.2. The van der Waals surface area contributed by atoms with Gasteiger partial charge in [-0.05, 0) is 44.2 Å². The highest BCUT2D eigenvalue weighted by molar-refractivity contribution is 7.94. The Morgan fingerprint density at radius 3 is 2.19 bits per heavy atom. The van der Waals surface area contributed by atoms with Crippen LogP contribution in [0.15, 0.2) is 47.6 Å². The highest BCUT2D eigenvalue weighted by Gasteiger charge is 2.49. The summed E-state index contributed by atoms with van der Waals surface area (Å²) < 4.78 is 52.1. The molecule has 9 nitrogen and oxygen atoms in total. The van der Waals surface area contributed by atoms with Gasteiger partial charge in [-0.25, -0.2) is 35.8 Å². The maximum atomic E-state index is 12.4. The molecule has 26 heavy (non-hydrogen) atoms. The fourth-order valence-electron chi connectivity index (χ4n) is 2.55. The van der Waals surface area contributed by atoms with E-state index in [1.165, 1.54) is 36.7 Å². The maximum Gasteiger partial charge on any atom is 0.264 e. The number of hydrogen-bond donors (Lipinski definition) is 1. The molecule has 0 spiro atoms. The van der Waals surface area contributed by atoms with Crippen LogP contribution < -0.4 is 9.03 Å². The van der Waals surface area contributed by atoms with Gasteiger partial charge in [-0.15, -0.1) is 0 Å². The number of benzene rings is 1. The van der Waals surface area contributed by atoms with E-state index in [0.29, 0.717) is 0 Å². The predicted octanol–water partition coefficient (Wildman–Crippen LogP) is 0.980. The molecule has 1 saturated heterocycles. The second-order valence-electron chi connectivity index (χ2n) is 6.38. The highest BCUT2D eigenvalue weighted by atomic mass is 32.2. The quantitative estimate of drug-likeness (QED) is 0.816. The van der Waals surface area contributed by atoms with Crippen molar-refractivity contribution >= 4 is 37.6 Å². The first-order valence-corrected chi connectivity index (χ1v) is 10.6. The first-order valence-electron chi connectivity index (χ1n) is 7.50. The predicted molar refractivity (Wildman–Crippen MR) is 94.3 cm³/mol. The fraction of sp³-hybridized carbons (Fsp3) is 0.267. The number of carbonyl (C=O) groups excluding carboxylic acids is 1. The third-order valence-corrected chi connectivity index (χ3v) is 7.12. The van der Waals surface area contributed by atoms with E-state index in [2.05, 4.69) is 14.7 Å². The molecule has 1 fully saturated rings. The van der Waals surface area contributed by atoms with Gasteiger partial charge in [0.2, 0.25) is 21.9 Å². The summed E-state index contributed by atoms with van der Waals surface area (Å²) in [6.45, 7) is 3.10. The summed E-state index contributed by atoms with van der Waals surface area (Å²) >= 11 is 0. The molecule has 1 aromatic heterocycles. The van der Waals surface area contributed by atoms with Crippen LogP contribution in [-0.4, -0.2) is 38.5 Å². The molecular formula is C15H16N4O5S2.